The molecule has 0 unspecified atom stereocenters. The number of hydrogen-bond donors (Lipinski definition) is 3. The van der Waals surface area contributed by atoms with Gasteiger partial charge in [-0.1, -0.05) is 18.2 Å². The molecule has 0 atom stereocenters. The van der Waals surface area contributed by atoms with Crippen LogP contribution in [0.15, 0.2) is 54.6 Å². The fraction of sp³-hybridized carbons (Fsp3) is 0.111. The number of benzene rings is 2. The summed E-state index contributed by atoms with van der Waals surface area (Å²) < 4.78 is 79.3. The summed E-state index contributed by atoms with van der Waals surface area (Å²) in [5.41, 5.74) is 3.55. The predicted molar refractivity (Wildman–Crippen MR) is 95.6 cm³/mol. The number of aromatic nitrogens is 1. The Morgan fingerprint density at radius 3 is 2.23 bits per heavy atom. The smallest absolute Gasteiger partial charge is 0.406 e. The Bertz CT molecular complexity index is 1050. The van der Waals surface area contributed by atoms with Gasteiger partial charge in [0.05, 0.1) is 11.2 Å². The molecule has 2 aromatic carbocycles. The summed E-state index contributed by atoms with van der Waals surface area (Å²) in [4.78, 5) is 15.5. The van der Waals surface area contributed by atoms with E-state index in [-0.39, 0.29) is 16.9 Å². The highest BCUT2D eigenvalue weighted by Crippen LogP contribution is 2.32. The Labute approximate surface area is 164 Å². The summed E-state index contributed by atoms with van der Waals surface area (Å²) in [6, 6.07) is 10.2. The predicted octanol–water partition coefficient (Wildman–Crippen LogP) is 5.30. The monoisotopic (exact) mass is 430 g/mol. The van der Waals surface area contributed by atoms with Crippen LogP contribution in [0.2, 0.25) is 0 Å². The van der Waals surface area contributed by atoms with Crippen LogP contribution in [-0.2, 0) is 6.18 Å². The number of alkyl halides is 6. The van der Waals surface area contributed by atoms with Crippen molar-refractivity contribution in [2.45, 2.75) is 12.5 Å². The molecule has 0 fully saturated rings. The molecule has 0 aliphatic heterocycles. The zero-order valence-corrected chi connectivity index (χ0v) is 14.7. The highest BCUT2D eigenvalue weighted by atomic mass is 19.4. The number of carbonyl (C=O) groups is 1. The number of carbonyl (C=O) groups excluding carboxylic acids is 1. The standard InChI is InChI=1S/C18H12F6N4O2/c19-17(20,21)15-9-14(12-3-1-2-4-13(12)26-15)27-28-16(29)25-10-5-7-11(8-6-10)30-18(22,23)24/h1-9H,(H,26,27)(H2,25,28,29). The van der Waals surface area contributed by atoms with E-state index < -0.39 is 30.0 Å². The van der Waals surface area contributed by atoms with Crippen molar-refractivity contribution in [3.8, 4) is 5.75 Å². The first-order chi connectivity index (χ1) is 14.0. The van der Waals surface area contributed by atoms with Crippen LogP contribution >= 0.6 is 0 Å². The average Bonchev–Trinajstić information content (AvgIpc) is 2.65. The summed E-state index contributed by atoms with van der Waals surface area (Å²) in [5.74, 6) is -0.477. The van der Waals surface area contributed by atoms with E-state index in [1.165, 1.54) is 18.2 Å². The minimum atomic E-state index is -4.85. The van der Waals surface area contributed by atoms with Crippen LogP contribution in [0, 0.1) is 0 Å². The van der Waals surface area contributed by atoms with Gasteiger partial charge in [-0.3, -0.25) is 10.9 Å². The van der Waals surface area contributed by atoms with Crippen molar-refractivity contribution in [1.29, 1.82) is 0 Å². The number of amides is 2. The number of hydrazine groups is 1. The normalized spacial score (nSPS) is 11.8. The summed E-state index contributed by atoms with van der Waals surface area (Å²) in [5, 5.41) is 2.64. The van der Waals surface area contributed by atoms with Crippen molar-refractivity contribution < 1.29 is 35.9 Å². The van der Waals surface area contributed by atoms with Gasteiger partial charge in [-0.2, -0.15) is 13.2 Å². The Balaban J connectivity index is 1.69. The minimum Gasteiger partial charge on any atom is -0.406 e. The first-order valence-electron chi connectivity index (χ1n) is 8.17. The highest BCUT2D eigenvalue weighted by Gasteiger charge is 2.33. The van der Waals surface area contributed by atoms with E-state index in [0.29, 0.717) is 5.39 Å². The van der Waals surface area contributed by atoms with Crippen molar-refractivity contribution >= 4 is 28.3 Å². The van der Waals surface area contributed by atoms with E-state index in [9.17, 15) is 31.1 Å². The number of ether oxygens (including phenoxy) is 1. The number of anilines is 2. The van der Waals surface area contributed by atoms with Crippen LogP contribution in [-0.4, -0.2) is 17.4 Å². The zero-order chi connectivity index (χ0) is 21.9. The molecule has 158 valence electrons. The maximum Gasteiger partial charge on any atom is 0.573 e. The van der Waals surface area contributed by atoms with Gasteiger partial charge >= 0.3 is 18.6 Å². The molecule has 3 aromatic rings. The zero-order valence-electron chi connectivity index (χ0n) is 14.7. The molecule has 3 N–H and O–H groups in total. The quantitative estimate of drug-likeness (QED) is 0.388. The number of halogens is 6. The van der Waals surface area contributed by atoms with Crippen LogP contribution in [0.25, 0.3) is 10.9 Å². The van der Waals surface area contributed by atoms with Gasteiger partial charge in [-0.05, 0) is 36.4 Å². The van der Waals surface area contributed by atoms with Gasteiger partial charge in [0.15, 0.2) is 0 Å². The lowest BCUT2D eigenvalue weighted by atomic mass is 10.1. The van der Waals surface area contributed by atoms with Crippen molar-refractivity contribution in [3.63, 3.8) is 0 Å². The molecule has 0 bridgehead atoms. The summed E-state index contributed by atoms with van der Waals surface area (Å²) in [6.45, 7) is 0. The fourth-order valence-electron chi connectivity index (χ4n) is 2.45. The summed E-state index contributed by atoms with van der Waals surface area (Å²) in [6.07, 6.45) is -9.54. The van der Waals surface area contributed by atoms with E-state index in [0.717, 1.165) is 30.3 Å². The van der Waals surface area contributed by atoms with Gasteiger partial charge in [0.1, 0.15) is 11.4 Å². The molecule has 1 heterocycles. The lowest BCUT2D eigenvalue weighted by Gasteiger charge is -2.15. The maximum absolute atomic E-state index is 13.0. The third-order valence-electron chi connectivity index (χ3n) is 3.66. The van der Waals surface area contributed by atoms with Gasteiger partial charge in [0.2, 0.25) is 0 Å². The molecule has 0 aliphatic carbocycles. The summed E-state index contributed by atoms with van der Waals surface area (Å²) in [7, 11) is 0. The Kier molecular flexibility index (Phi) is 5.58. The fourth-order valence-corrected chi connectivity index (χ4v) is 2.45. The van der Waals surface area contributed by atoms with E-state index in [1.54, 1.807) is 6.07 Å². The highest BCUT2D eigenvalue weighted by molar-refractivity contribution is 5.94. The topological polar surface area (TPSA) is 75.3 Å². The third kappa shape index (κ3) is 5.43. The van der Waals surface area contributed by atoms with E-state index >= 15 is 0 Å². The van der Waals surface area contributed by atoms with Gasteiger partial charge in [-0.25, -0.2) is 9.78 Å². The largest absolute Gasteiger partial charge is 0.573 e. The van der Waals surface area contributed by atoms with Crippen molar-refractivity contribution in [1.82, 2.24) is 10.4 Å². The Hall–Kier alpha value is -3.70. The lowest BCUT2D eigenvalue weighted by molar-refractivity contribution is -0.274. The summed E-state index contributed by atoms with van der Waals surface area (Å²) >= 11 is 0. The number of rotatable bonds is 4. The molecule has 3 rings (SSSR count). The van der Waals surface area contributed by atoms with Gasteiger partial charge in [0.25, 0.3) is 0 Å². The molecule has 0 spiro atoms. The number of fused-ring (bicyclic) bond motifs is 1. The molecule has 0 radical (unpaired) electrons. The van der Waals surface area contributed by atoms with Gasteiger partial charge < -0.3 is 10.1 Å². The molecule has 6 nitrogen and oxygen atoms in total. The molecule has 0 aliphatic rings. The SMILES string of the molecule is O=C(NNc1cc(C(F)(F)F)nc2ccccc12)Nc1ccc(OC(F)(F)F)cc1. The van der Waals surface area contributed by atoms with Gasteiger partial charge in [0, 0.05) is 11.1 Å². The number of nitrogens with zero attached hydrogens (tertiary/aromatic N) is 1. The van der Waals surface area contributed by atoms with Gasteiger partial charge in [-0.15, -0.1) is 13.2 Å². The van der Waals surface area contributed by atoms with Crippen molar-refractivity contribution in [3.05, 3.63) is 60.3 Å². The number of urea groups is 1. The molecule has 1 aromatic heterocycles. The Morgan fingerprint density at radius 1 is 0.933 bits per heavy atom. The molecule has 12 heteroatoms. The van der Waals surface area contributed by atoms with E-state index in [4.69, 9.17) is 0 Å². The second-order valence-corrected chi connectivity index (χ2v) is 5.85. The molecular weight excluding hydrogens is 418 g/mol. The van der Waals surface area contributed by atoms with Crippen LogP contribution < -0.4 is 20.9 Å². The third-order valence-corrected chi connectivity index (χ3v) is 3.66. The van der Waals surface area contributed by atoms with Crippen molar-refractivity contribution in [2.24, 2.45) is 0 Å². The average molecular weight is 430 g/mol. The number of para-hydroxylation sites is 1. The molecule has 0 saturated carbocycles. The lowest BCUT2D eigenvalue weighted by Crippen LogP contribution is -2.33. The van der Waals surface area contributed by atoms with Crippen LogP contribution in [0.5, 0.6) is 5.75 Å². The molecule has 30 heavy (non-hydrogen) atoms. The molecule has 2 amide bonds. The molecular formula is C18H12F6N4O2. The maximum atomic E-state index is 13.0. The second kappa shape index (κ2) is 7.97. The van der Waals surface area contributed by atoms with E-state index in [2.05, 4.69) is 25.9 Å². The Morgan fingerprint density at radius 2 is 1.60 bits per heavy atom. The minimum absolute atomic E-state index is 0.0444. The number of hydrogen-bond acceptors (Lipinski definition) is 4. The number of nitrogens with one attached hydrogen (secondary N) is 3. The van der Waals surface area contributed by atoms with Crippen LogP contribution in [0.3, 0.4) is 0 Å². The second-order valence-electron chi connectivity index (χ2n) is 5.85. The van der Waals surface area contributed by atoms with E-state index in [1.807, 2.05) is 0 Å². The van der Waals surface area contributed by atoms with Crippen LogP contribution in [0.1, 0.15) is 5.69 Å². The first kappa shape index (κ1) is 21.0. The van der Waals surface area contributed by atoms with Crippen molar-refractivity contribution in [2.75, 3.05) is 10.7 Å². The van der Waals surface area contributed by atoms with Crippen LogP contribution in [0.4, 0.5) is 42.5 Å². The first-order valence-corrected chi connectivity index (χ1v) is 8.17. The number of pyridine rings is 1. The molecule has 0 saturated heterocycles.